The van der Waals surface area contributed by atoms with Crippen LogP contribution >= 0.6 is 0 Å². The Morgan fingerprint density at radius 2 is 1.73 bits per heavy atom. The third-order valence-corrected chi connectivity index (χ3v) is 4.70. The van der Waals surface area contributed by atoms with E-state index in [9.17, 15) is 22.8 Å². The van der Waals surface area contributed by atoms with Crippen molar-refractivity contribution >= 4 is 17.5 Å². The fourth-order valence-electron chi connectivity index (χ4n) is 2.88. The third-order valence-electron chi connectivity index (χ3n) is 4.70. The smallest absolute Gasteiger partial charge is 0.433 e. The van der Waals surface area contributed by atoms with Crippen molar-refractivity contribution in [3.63, 3.8) is 0 Å². The summed E-state index contributed by atoms with van der Waals surface area (Å²) in [6.45, 7) is 7.29. The van der Waals surface area contributed by atoms with E-state index in [1.165, 1.54) is 19.1 Å². The molecule has 1 N–H and O–H groups in total. The Hall–Kier alpha value is -3.75. The van der Waals surface area contributed by atoms with Gasteiger partial charge >= 0.3 is 6.18 Å². The lowest BCUT2D eigenvalue weighted by Crippen LogP contribution is -2.17. The highest BCUT2D eigenvalue weighted by atomic mass is 19.4. The number of carbonyl (C=O) groups excluding carboxylic acids is 2. The molecule has 0 unspecified atom stereocenters. The van der Waals surface area contributed by atoms with Crippen molar-refractivity contribution in [2.75, 3.05) is 5.32 Å². The van der Waals surface area contributed by atoms with Crippen LogP contribution in [0.3, 0.4) is 0 Å². The molecule has 0 radical (unpaired) electrons. The molecule has 0 fully saturated rings. The molecule has 3 aromatic rings. The number of carbonyl (C=O) groups is 2. The van der Waals surface area contributed by atoms with E-state index in [-0.39, 0.29) is 39.8 Å². The van der Waals surface area contributed by atoms with Gasteiger partial charge in [0.15, 0.2) is 5.78 Å². The van der Waals surface area contributed by atoms with Gasteiger partial charge in [-0.25, -0.2) is 9.97 Å². The molecule has 0 saturated carbocycles. The van der Waals surface area contributed by atoms with E-state index < -0.39 is 17.8 Å². The predicted molar refractivity (Wildman–Crippen MR) is 117 cm³/mol. The molecule has 172 valence electrons. The maximum atomic E-state index is 13.0. The average Bonchev–Trinajstić information content (AvgIpc) is 2.73. The second-order valence-corrected chi connectivity index (χ2v) is 8.36. The maximum absolute atomic E-state index is 13.0. The molecule has 1 aromatic carbocycles. The van der Waals surface area contributed by atoms with Gasteiger partial charge in [0.25, 0.3) is 5.91 Å². The van der Waals surface area contributed by atoms with Crippen LogP contribution in [0.25, 0.3) is 0 Å². The Morgan fingerprint density at radius 3 is 2.30 bits per heavy atom. The molecule has 6 nitrogen and oxygen atoms in total. The second-order valence-electron chi connectivity index (χ2n) is 8.36. The van der Waals surface area contributed by atoms with Crippen LogP contribution in [0.1, 0.15) is 59.8 Å². The zero-order valence-electron chi connectivity index (χ0n) is 18.4. The lowest BCUT2D eigenvalue weighted by atomic mass is 9.86. The van der Waals surface area contributed by atoms with E-state index in [0.29, 0.717) is 0 Å². The Kier molecular flexibility index (Phi) is 6.53. The van der Waals surface area contributed by atoms with Crippen molar-refractivity contribution in [1.29, 1.82) is 0 Å². The van der Waals surface area contributed by atoms with Gasteiger partial charge in [-0.05, 0) is 47.4 Å². The number of nitrogens with zero attached hydrogens (tertiary/aromatic N) is 2. The van der Waals surface area contributed by atoms with Gasteiger partial charge in [0.05, 0.1) is 11.8 Å². The van der Waals surface area contributed by atoms with E-state index in [0.717, 1.165) is 23.9 Å². The molecule has 1 amide bonds. The molecule has 0 atom stereocenters. The highest BCUT2D eigenvalue weighted by Gasteiger charge is 2.32. The molecule has 0 aliphatic rings. The van der Waals surface area contributed by atoms with Crippen LogP contribution in [-0.4, -0.2) is 21.7 Å². The van der Waals surface area contributed by atoms with Gasteiger partial charge in [0, 0.05) is 6.92 Å². The van der Waals surface area contributed by atoms with Gasteiger partial charge in [-0.3, -0.25) is 9.59 Å². The Labute approximate surface area is 188 Å². The fraction of sp³-hybridized carbons (Fsp3) is 0.250. The Balaban J connectivity index is 1.95. The van der Waals surface area contributed by atoms with E-state index in [2.05, 4.69) is 15.3 Å². The summed E-state index contributed by atoms with van der Waals surface area (Å²) >= 11 is 0. The van der Waals surface area contributed by atoms with E-state index in [4.69, 9.17) is 4.74 Å². The van der Waals surface area contributed by atoms with Crippen LogP contribution < -0.4 is 10.1 Å². The lowest BCUT2D eigenvalue weighted by Gasteiger charge is -2.21. The summed E-state index contributed by atoms with van der Waals surface area (Å²) in [5, 5.41) is 2.62. The quantitative estimate of drug-likeness (QED) is 0.473. The van der Waals surface area contributed by atoms with Crippen LogP contribution in [0.4, 0.5) is 19.0 Å². The minimum absolute atomic E-state index is 0.0415. The number of alkyl halides is 3. The second kappa shape index (κ2) is 9.01. The first-order chi connectivity index (χ1) is 15.3. The number of amides is 1. The first-order valence-electron chi connectivity index (χ1n) is 9.99. The molecule has 33 heavy (non-hydrogen) atoms. The number of hydrogen-bond acceptors (Lipinski definition) is 5. The minimum Gasteiger partial charge on any atom is -0.455 e. The van der Waals surface area contributed by atoms with Crippen molar-refractivity contribution in [2.45, 2.75) is 39.3 Å². The topological polar surface area (TPSA) is 81.2 Å². The summed E-state index contributed by atoms with van der Waals surface area (Å²) in [5.74, 6) is -0.447. The maximum Gasteiger partial charge on any atom is 0.433 e. The zero-order valence-corrected chi connectivity index (χ0v) is 18.4. The predicted octanol–water partition coefficient (Wildman–Crippen LogP) is 6.04. The number of benzene rings is 1. The number of rotatable bonds is 5. The van der Waals surface area contributed by atoms with Gasteiger partial charge < -0.3 is 10.1 Å². The van der Waals surface area contributed by atoms with Crippen LogP contribution in [0.2, 0.25) is 0 Å². The molecular formula is C24H22F3N3O3. The largest absolute Gasteiger partial charge is 0.455 e. The first kappa shape index (κ1) is 23.9. The standard InChI is InChI=1S/C24H22F3N3O3/c1-14(31)18-6-5-7-21(29-18)30-22(32)17-10-8-15(23(2,3)4)12-19(17)33-16-9-11-20(28-13-16)24(25,26)27/h5-13H,1-4H3,(H,29,30,32). The van der Waals surface area contributed by atoms with Crippen molar-refractivity contribution < 1.29 is 27.5 Å². The van der Waals surface area contributed by atoms with Crippen molar-refractivity contribution in [3.8, 4) is 11.5 Å². The van der Waals surface area contributed by atoms with Crippen LogP contribution in [-0.2, 0) is 11.6 Å². The number of Topliss-reactive ketones (excluding diaryl/α,β-unsaturated/α-hetero) is 1. The lowest BCUT2D eigenvalue weighted by molar-refractivity contribution is -0.141. The summed E-state index contributed by atoms with van der Waals surface area (Å²) in [4.78, 5) is 32.0. The molecule has 9 heteroatoms. The summed E-state index contributed by atoms with van der Waals surface area (Å²) in [7, 11) is 0. The molecule has 3 rings (SSSR count). The van der Waals surface area contributed by atoms with E-state index in [1.807, 2.05) is 20.8 Å². The number of halogens is 3. The van der Waals surface area contributed by atoms with Crippen LogP contribution in [0.15, 0.2) is 54.7 Å². The number of ketones is 1. The summed E-state index contributed by atoms with van der Waals surface area (Å²) in [6, 6.07) is 11.6. The normalized spacial score (nSPS) is 11.7. The SMILES string of the molecule is CC(=O)c1cccc(NC(=O)c2ccc(C(C)(C)C)cc2Oc2ccc(C(F)(F)F)nc2)n1. The van der Waals surface area contributed by atoms with E-state index >= 15 is 0 Å². The summed E-state index contributed by atoms with van der Waals surface area (Å²) < 4.78 is 44.2. The molecule has 0 saturated heterocycles. The van der Waals surface area contributed by atoms with Gasteiger partial charge in [-0.15, -0.1) is 0 Å². The van der Waals surface area contributed by atoms with Crippen LogP contribution in [0, 0.1) is 0 Å². The third kappa shape index (κ3) is 5.94. The van der Waals surface area contributed by atoms with Gasteiger partial charge in [-0.1, -0.05) is 32.9 Å². The Morgan fingerprint density at radius 1 is 1.00 bits per heavy atom. The summed E-state index contributed by atoms with van der Waals surface area (Å²) in [6.07, 6.45) is -3.62. The molecule has 0 aliphatic carbocycles. The molecule has 2 aromatic heterocycles. The number of ether oxygens (including phenoxy) is 1. The number of pyridine rings is 2. The minimum atomic E-state index is -4.57. The van der Waals surface area contributed by atoms with Crippen molar-refractivity contribution in [3.05, 3.63) is 77.2 Å². The average molecular weight is 457 g/mol. The van der Waals surface area contributed by atoms with Crippen molar-refractivity contribution in [1.82, 2.24) is 9.97 Å². The number of aromatic nitrogens is 2. The molecule has 0 bridgehead atoms. The summed E-state index contributed by atoms with van der Waals surface area (Å²) in [5.41, 5.74) is -0.137. The van der Waals surface area contributed by atoms with Crippen molar-refractivity contribution in [2.24, 2.45) is 0 Å². The Bertz CT molecular complexity index is 1180. The molecule has 2 heterocycles. The van der Waals surface area contributed by atoms with Gasteiger partial charge in [0.2, 0.25) is 0 Å². The van der Waals surface area contributed by atoms with Gasteiger partial charge in [-0.2, -0.15) is 13.2 Å². The van der Waals surface area contributed by atoms with E-state index in [1.54, 1.807) is 24.3 Å². The molecular weight excluding hydrogens is 435 g/mol. The highest BCUT2D eigenvalue weighted by molar-refractivity contribution is 6.06. The number of hydrogen-bond donors (Lipinski definition) is 1. The monoisotopic (exact) mass is 457 g/mol. The fourth-order valence-corrected chi connectivity index (χ4v) is 2.88. The number of anilines is 1. The first-order valence-corrected chi connectivity index (χ1v) is 9.99. The highest BCUT2D eigenvalue weighted by Crippen LogP contribution is 2.33. The molecule has 0 aliphatic heterocycles. The van der Waals surface area contributed by atoms with Gasteiger partial charge in [0.1, 0.15) is 28.7 Å². The molecule has 0 spiro atoms. The zero-order chi connectivity index (χ0) is 24.4. The van der Waals surface area contributed by atoms with Crippen LogP contribution in [0.5, 0.6) is 11.5 Å². The number of nitrogens with one attached hydrogen (secondary N) is 1.